The van der Waals surface area contributed by atoms with Crippen LogP contribution < -0.4 is 0 Å². The van der Waals surface area contributed by atoms with E-state index < -0.39 is 0 Å². The minimum absolute atomic E-state index is 0.252. The maximum Gasteiger partial charge on any atom is 0.232 e. The van der Waals surface area contributed by atoms with Crippen molar-refractivity contribution >= 4 is 40.9 Å². The van der Waals surface area contributed by atoms with Gasteiger partial charge in [-0.2, -0.15) is 0 Å². The van der Waals surface area contributed by atoms with E-state index in [4.69, 9.17) is 23.2 Å². The Labute approximate surface area is 134 Å². The Morgan fingerprint density at radius 3 is 2.85 bits per heavy atom. The third kappa shape index (κ3) is 4.31. The fourth-order valence-corrected chi connectivity index (χ4v) is 3.62. The Kier molecular flexibility index (Phi) is 6.06. The van der Waals surface area contributed by atoms with E-state index in [1.54, 1.807) is 17.8 Å². The molecule has 1 atom stereocenters. The molecule has 1 amide bonds. The molecule has 1 aromatic rings. The van der Waals surface area contributed by atoms with Crippen LogP contribution in [0.3, 0.4) is 0 Å². The number of halogens is 2. The number of benzene rings is 1. The van der Waals surface area contributed by atoms with Gasteiger partial charge in [-0.25, -0.2) is 0 Å². The molecule has 0 N–H and O–H groups in total. The first kappa shape index (κ1) is 16.0. The topological polar surface area (TPSA) is 20.3 Å². The molecule has 110 valence electrons. The molecule has 2 nitrogen and oxygen atoms in total. The summed E-state index contributed by atoms with van der Waals surface area (Å²) in [5, 5.41) is 1.14. The summed E-state index contributed by atoms with van der Waals surface area (Å²) in [6, 6.07) is 6.01. The summed E-state index contributed by atoms with van der Waals surface area (Å²) in [7, 11) is 0. The van der Waals surface area contributed by atoms with Gasteiger partial charge in [-0.3, -0.25) is 4.79 Å². The van der Waals surface area contributed by atoms with Gasteiger partial charge in [-0.05, 0) is 43.9 Å². The van der Waals surface area contributed by atoms with Crippen LogP contribution in [0.4, 0.5) is 0 Å². The molecule has 5 heteroatoms. The first-order chi connectivity index (χ1) is 9.58. The molecule has 1 saturated heterocycles. The quantitative estimate of drug-likeness (QED) is 0.801. The standard InChI is InChI=1S/C15H19Cl2NOS/c1-11-4-2-3-7-18(11)15(19)10-20-9-12-5-6-13(16)14(17)8-12/h5-6,8,11H,2-4,7,9-10H2,1H3/t11-/m1/s1. The molecule has 1 aliphatic rings. The molecule has 2 rings (SSSR count). The van der Waals surface area contributed by atoms with Crippen LogP contribution in [0.5, 0.6) is 0 Å². The van der Waals surface area contributed by atoms with Crippen molar-refractivity contribution in [2.45, 2.75) is 38.0 Å². The Balaban J connectivity index is 1.80. The largest absolute Gasteiger partial charge is 0.339 e. The van der Waals surface area contributed by atoms with E-state index in [1.807, 2.05) is 17.0 Å². The van der Waals surface area contributed by atoms with Crippen molar-refractivity contribution in [3.8, 4) is 0 Å². The average molecular weight is 332 g/mol. The lowest BCUT2D eigenvalue weighted by molar-refractivity contribution is -0.131. The normalized spacial score (nSPS) is 19.1. The lowest BCUT2D eigenvalue weighted by atomic mass is 10.0. The number of amides is 1. The Bertz CT molecular complexity index is 481. The van der Waals surface area contributed by atoms with Gasteiger partial charge < -0.3 is 4.90 Å². The third-order valence-corrected chi connectivity index (χ3v) is 5.33. The van der Waals surface area contributed by atoms with Gasteiger partial charge in [-0.1, -0.05) is 29.3 Å². The molecule has 20 heavy (non-hydrogen) atoms. The maximum atomic E-state index is 12.2. The molecule has 1 heterocycles. The smallest absolute Gasteiger partial charge is 0.232 e. The lowest BCUT2D eigenvalue weighted by Crippen LogP contribution is -2.42. The molecule has 0 bridgehead atoms. The summed E-state index contributed by atoms with van der Waals surface area (Å²) in [6.07, 6.45) is 3.50. The van der Waals surface area contributed by atoms with Gasteiger partial charge in [0.1, 0.15) is 0 Å². The molecule has 1 aromatic carbocycles. The highest BCUT2D eigenvalue weighted by atomic mass is 35.5. The van der Waals surface area contributed by atoms with E-state index in [0.29, 0.717) is 21.8 Å². The summed E-state index contributed by atoms with van der Waals surface area (Å²) in [4.78, 5) is 14.2. The highest BCUT2D eigenvalue weighted by molar-refractivity contribution is 7.99. The highest BCUT2D eigenvalue weighted by Gasteiger charge is 2.22. The number of likely N-dealkylation sites (tertiary alicyclic amines) is 1. The summed E-state index contributed by atoms with van der Waals surface area (Å²) in [6.45, 7) is 3.05. The number of piperidine rings is 1. The van der Waals surface area contributed by atoms with Crippen molar-refractivity contribution in [1.29, 1.82) is 0 Å². The van der Waals surface area contributed by atoms with Crippen molar-refractivity contribution in [3.63, 3.8) is 0 Å². The molecule has 1 aliphatic heterocycles. The SMILES string of the molecule is C[C@@H]1CCCCN1C(=O)CSCc1ccc(Cl)c(Cl)c1. The molecule has 0 aliphatic carbocycles. The summed E-state index contributed by atoms with van der Waals surface area (Å²) >= 11 is 13.5. The van der Waals surface area contributed by atoms with Crippen LogP contribution in [0.25, 0.3) is 0 Å². The predicted molar refractivity (Wildman–Crippen MR) is 87.7 cm³/mol. The summed E-state index contributed by atoms with van der Waals surface area (Å²) in [5.74, 6) is 1.57. The van der Waals surface area contributed by atoms with Crippen molar-refractivity contribution in [2.24, 2.45) is 0 Å². The van der Waals surface area contributed by atoms with E-state index in [0.717, 1.165) is 30.7 Å². The molecule has 0 unspecified atom stereocenters. The second kappa shape index (κ2) is 7.58. The van der Waals surface area contributed by atoms with Gasteiger partial charge in [0, 0.05) is 18.3 Å². The number of thioether (sulfide) groups is 1. The van der Waals surface area contributed by atoms with Gasteiger partial charge in [0.2, 0.25) is 5.91 Å². The molecule has 1 fully saturated rings. The number of hydrogen-bond donors (Lipinski definition) is 0. The first-order valence-electron chi connectivity index (χ1n) is 6.89. The van der Waals surface area contributed by atoms with Crippen LogP contribution in [0.2, 0.25) is 10.0 Å². The summed E-state index contributed by atoms with van der Waals surface area (Å²) < 4.78 is 0. The van der Waals surface area contributed by atoms with Crippen molar-refractivity contribution in [2.75, 3.05) is 12.3 Å². The second-order valence-electron chi connectivity index (χ2n) is 5.17. The van der Waals surface area contributed by atoms with Gasteiger partial charge in [0.25, 0.3) is 0 Å². The van der Waals surface area contributed by atoms with Crippen LogP contribution in [-0.2, 0) is 10.5 Å². The van der Waals surface area contributed by atoms with E-state index in [2.05, 4.69) is 6.92 Å². The van der Waals surface area contributed by atoms with Gasteiger partial charge in [0.15, 0.2) is 0 Å². The highest BCUT2D eigenvalue weighted by Crippen LogP contribution is 2.25. The van der Waals surface area contributed by atoms with Gasteiger partial charge in [-0.15, -0.1) is 11.8 Å². The number of hydrogen-bond acceptors (Lipinski definition) is 2. The van der Waals surface area contributed by atoms with Gasteiger partial charge in [0.05, 0.1) is 15.8 Å². The zero-order valence-electron chi connectivity index (χ0n) is 11.6. The van der Waals surface area contributed by atoms with Crippen LogP contribution in [0, 0.1) is 0 Å². The van der Waals surface area contributed by atoms with Crippen LogP contribution >= 0.6 is 35.0 Å². The van der Waals surface area contributed by atoms with Crippen molar-refractivity contribution in [1.82, 2.24) is 4.90 Å². The van der Waals surface area contributed by atoms with E-state index in [9.17, 15) is 4.79 Å². The molecule has 0 saturated carbocycles. The number of carbonyl (C=O) groups excluding carboxylic acids is 1. The predicted octanol–water partition coefficient (Wildman–Crippen LogP) is 4.63. The minimum Gasteiger partial charge on any atom is -0.339 e. The van der Waals surface area contributed by atoms with Gasteiger partial charge >= 0.3 is 0 Å². The first-order valence-corrected chi connectivity index (χ1v) is 8.80. The third-order valence-electron chi connectivity index (χ3n) is 3.60. The van der Waals surface area contributed by atoms with Crippen LogP contribution in [0.15, 0.2) is 18.2 Å². The van der Waals surface area contributed by atoms with Crippen LogP contribution in [0.1, 0.15) is 31.7 Å². The number of nitrogens with zero attached hydrogens (tertiary/aromatic N) is 1. The Morgan fingerprint density at radius 2 is 2.15 bits per heavy atom. The Morgan fingerprint density at radius 1 is 1.35 bits per heavy atom. The van der Waals surface area contributed by atoms with E-state index in [1.165, 1.54) is 6.42 Å². The maximum absolute atomic E-state index is 12.2. The van der Waals surface area contributed by atoms with E-state index >= 15 is 0 Å². The second-order valence-corrected chi connectivity index (χ2v) is 6.97. The monoisotopic (exact) mass is 331 g/mol. The molecular weight excluding hydrogens is 313 g/mol. The summed E-state index contributed by atoms with van der Waals surface area (Å²) in [5.41, 5.74) is 1.10. The fraction of sp³-hybridized carbons (Fsp3) is 0.533. The van der Waals surface area contributed by atoms with Crippen molar-refractivity contribution in [3.05, 3.63) is 33.8 Å². The van der Waals surface area contributed by atoms with Crippen molar-refractivity contribution < 1.29 is 4.79 Å². The number of carbonyl (C=O) groups is 1. The molecular formula is C15H19Cl2NOS. The zero-order valence-corrected chi connectivity index (χ0v) is 13.9. The minimum atomic E-state index is 0.252. The number of rotatable bonds is 4. The average Bonchev–Trinajstić information content (AvgIpc) is 2.43. The lowest BCUT2D eigenvalue weighted by Gasteiger charge is -2.33. The van der Waals surface area contributed by atoms with E-state index in [-0.39, 0.29) is 5.91 Å². The zero-order chi connectivity index (χ0) is 14.5. The molecule has 0 spiro atoms. The van der Waals surface area contributed by atoms with Crippen LogP contribution in [-0.4, -0.2) is 29.1 Å². The molecule has 0 aromatic heterocycles. The fourth-order valence-electron chi connectivity index (χ4n) is 2.44. The Hall–Kier alpha value is -0.380. The molecule has 0 radical (unpaired) electrons.